The molecule has 3 aromatic rings. The minimum Gasteiger partial charge on any atom is -0.461 e. The van der Waals surface area contributed by atoms with E-state index in [0.717, 1.165) is 32.3 Å². The lowest BCUT2D eigenvalue weighted by molar-refractivity contribution is -0.137. The molecule has 3 aromatic heterocycles. The number of halogens is 6. The average Bonchev–Trinajstić information content (AvgIpc) is 3.29. The van der Waals surface area contributed by atoms with Crippen molar-refractivity contribution in [1.29, 1.82) is 0 Å². The number of aromatic nitrogens is 4. The van der Waals surface area contributed by atoms with Crippen LogP contribution in [0.2, 0.25) is 0 Å². The van der Waals surface area contributed by atoms with Crippen LogP contribution in [0, 0.1) is 18.2 Å². The van der Waals surface area contributed by atoms with Crippen LogP contribution in [0.15, 0.2) is 12.3 Å². The highest BCUT2D eigenvalue weighted by atomic mass is 19.4. The highest BCUT2D eigenvalue weighted by Crippen LogP contribution is 2.69. The molecular formula is C30H32F6N8O. The molecule has 2 bridgehead atoms. The van der Waals surface area contributed by atoms with Gasteiger partial charge in [0.25, 0.3) is 5.92 Å². The number of hydrogen-bond donors (Lipinski definition) is 2. The molecule has 15 heteroatoms. The number of nitrogens with zero attached hydrogens (tertiary/aromatic N) is 6. The van der Waals surface area contributed by atoms with E-state index in [1.807, 2.05) is 4.90 Å². The molecule has 8 rings (SSSR count). The molecule has 0 unspecified atom stereocenters. The van der Waals surface area contributed by atoms with E-state index < -0.39 is 51.4 Å². The summed E-state index contributed by atoms with van der Waals surface area (Å²) in [5.41, 5.74) is 1.24. The topological polar surface area (TPSA) is 105 Å². The first-order valence-corrected chi connectivity index (χ1v) is 15.3. The smallest absolute Gasteiger partial charge is 0.418 e. The van der Waals surface area contributed by atoms with Crippen LogP contribution in [0.5, 0.6) is 6.01 Å². The molecule has 0 radical (unpaired) electrons. The largest absolute Gasteiger partial charge is 0.461 e. The Labute approximate surface area is 254 Å². The third-order valence-corrected chi connectivity index (χ3v) is 10.5. The van der Waals surface area contributed by atoms with Gasteiger partial charge in [-0.2, -0.15) is 23.1 Å². The fourth-order valence-corrected chi connectivity index (χ4v) is 8.38. The number of pyridine rings is 2. The maximum atomic E-state index is 16.5. The van der Waals surface area contributed by atoms with E-state index in [-0.39, 0.29) is 47.8 Å². The summed E-state index contributed by atoms with van der Waals surface area (Å²) < 4.78 is 93.8. The first-order valence-electron chi connectivity index (χ1n) is 15.3. The molecule has 1 spiro atoms. The summed E-state index contributed by atoms with van der Waals surface area (Å²) >= 11 is 0. The number of nitrogen functional groups attached to an aromatic ring is 1. The molecule has 9 nitrogen and oxygen atoms in total. The summed E-state index contributed by atoms with van der Waals surface area (Å²) in [6.07, 6.45) is 0.0559. The number of alkyl halides is 5. The van der Waals surface area contributed by atoms with Crippen molar-refractivity contribution in [2.45, 2.75) is 75.2 Å². The molecule has 0 aromatic carbocycles. The lowest BCUT2D eigenvalue weighted by Gasteiger charge is -2.34. The summed E-state index contributed by atoms with van der Waals surface area (Å²) in [5.74, 6) is -3.62. The number of piperazine rings is 1. The van der Waals surface area contributed by atoms with E-state index in [1.54, 1.807) is 0 Å². The zero-order chi connectivity index (χ0) is 31.5. The first-order chi connectivity index (χ1) is 21.3. The molecule has 1 aliphatic carbocycles. The highest BCUT2D eigenvalue weighted by molar-refractivity contribution is 5.92. The van der Waals surface area contributed by atoms with Gasteiger partial charge in [-0.05, 0) is 51.6 Å². The number of anilines is 2. The molecule has 4 saturated heterocycles. The van der Waals surface area contributed by atoms with Gasteiger partial charge in [0.1, 0.15) is 29.5 Å². The van der Waals surface area contributed by atoms with E-state index in [1.165, 1.54) is 6.20 Å². The Hall–Kier alpha value is -3.46. The van der Waals surface area contributed by atoms with Crippen LogP contribution in [0.1, 0.15) is 49.8 Å². The Balaban J connectivity index is 1.22. The van der Waals surface area contributed by atoms with Crippen molar-refractivity contribution >= 4 is 22.5 Å². The molecule has 4 atom stereocenters. The van der Waals surface area contributed by atoms with Crippen LogP contribution in [0.3, 0.4) is 0 Å². The number of aryl methyl sites for hydroxylation is 1. The quantitative estimate of drug-likeness (QED) is 0.386. The summed E-state index contributed by atoms with van der Waals surface area (Å²) in [5, 5.41) is 3.77. The molecule has 3 N–H and O–H groups in total. The molecule has 4 aliphatic heterocycles. The SMILES string of the molecule is Cc1nc(N)cc(-c2ncc3c(N4C[C@H]5CC[C@@H](C4)N5)nc(OC[C@@]45CCCN4C[C@@]4(CC4(F)F)C5)nc3c2F)c1C(F)(F)F. The number of ether oxygens (including phenoxy) is 1. The molecule has 5 aliphatic rings. The summed E-state index contributed by atoms with van der Waals surface area (Å²) in [4.78, 5) is 21.0. The Morgan fingerprint density at radius 1 is 1.11 bits per heavy atom. The highest BCUT2D eigenvalue weighted by Gasteiger charge is 2.77. The number of nitrogens with one attached hydrogen (secondary N) is 1. The van der Waals surface area contributed by atoms with Gasteiger partial charge in [0.15, 0.2) is 5.82 Å². The normalized spacial score (nSPS) is 30.4. The predicted octanol–water partition coefficient (Wildman–Crippen LogP) is 4.72. The zero-order valence-corrected chi connectivity index (χ0v) is 24.5. The van der Waals surface area contributed by atoms with Crippen molar-refractivity contribution < 1.29 is 31.1 Å². The number of rotatable bonds is 5. The zero-order valence-electron chi connectivity index (χ0n) is 24.5. The molecule has 45 heavy (non-hydrogen) atoms. The molecule has 240 valence electrons. The summed E-state index contributed by atoms with van der Waals surface area (Å²) in [6.45, 7) is 3.35. The van der Waals surface area contributed by atoms with E-state index in [0.29, 0.717) is 44.8 Å². The van der Waals surface area contributed by atoms with Gasteiger partial charge in [0, 0.05) is 49.9 Å². The van der Waals surface area contributed by atoms with Crippen LogP contribution in [0.4, 0.5) is 38.0 Å². The number of fused-ring (bicyclic) bond motifs is 4. The molecule has 7 heterocycles. The van der Waals surface area contributed by atoms with Crippen LogP contribution in [0.25, 0.3) is 22.2 Å². The van der Waals surface area contributed by atoms with Crippen molar-refractivity contribution in [3.05, 3.63) is 29.3 Å². The van der Waals surface area contributed by atoms with E-state index >= 15 is 4.39 Å². The van der Waals surface area contributed by atoms with Crippen molar-refractivity contribution in [1.82, 2.24) is 30.2 Å². The monoisotopic (exact) mass is 634 g/mol. The van der Waals surface area contributed by atoms with Crippen molar-refractivity contribution in [2.24, 2.45) is 5.41 Å². The maximum absolute atomic E-state index is 16.5. The second-order valence-electron chi connectivity index (χ2n) is 13.5. The number of hydrogen-bond acceptors (Lipinski definition) is 9. The van der Waals surface area contributed by atoms with Gasteiger partial charge in [-0.15, -0.1) is 0 Å². The third-order valence-electron chi connectivity index (χ3n) is 10.5. The second kappa shape index (κ2) is 9.53. The maximum Gasteiger partial charge on any atom is 0.418 e. The standard InChI is InChI=1S/C30H32F6N8O/c1-15-21(30(34,35)36)18(7-20(37)39-15)23-22(31)24-19(8-38-23)25(43-9-16-3-4-17(10-43)40-16)42-26(41-24)45-14-28-5-2-6-44(28)13-27(11-28)12-29(27,32)33/h7-8,16-17,40H,2-6,9-14H2,1H3,(H2,37,39)/t16-,17+,27-,28-/m0/s1. The molecular weight excluding hydrogens is 602 g/mol. The van der Waals surface area contributed by atoms with Crippen LogP contribution in [-0.4, -0.2) is 81.2 Å². The second-order valence-corrected chi connectivity index (χ2v) is 13.5. The fraction of sp³-hybridized carbons (Fsp3) is 0.600. The van der Waals surface area contributed by atoms with Gasteiger partial charge in [-0.1, -0.05) is 0 Å². The van der Waals surface area contributed by atoms with Gasteiger partial charge in [0.2, 0.25) is 0 Å². The summed E-state index contributed by atoms with van der Waals surface area (Å²) in [6, 6.07) is 1.20. The first kappa shape index (κ1) is 29.0. The average molecular weight is 635 g/mol. The Kier molecular flexibility index (Phi) is 6.14. The lowest BCUT2D eigenvalue weighted by atomic mass is 9.89. The van der Waals surface area contributed by atoms with Crippen LogP contribution < -0.4 is 20.7 Å². The van der Waals surface area contributed by atoms with Crippen LogP contribution >= 0.6 is 0 Å². The Morgan fingerprint density at radius 2 is 1.84 bits per heavy atom. The minimum atomic E-state index is -4.85. The van der Waals surface area contributed by atoms with Crippen LogP contribution in [-0.2, 0) is 6.18 Å². The predicted molar refractivity (Wildman–Crippen MR) is 152 cm³/mol. The fourth-order valence-electron chi connectivity index (χ4n) is 8.38. The Bertz CT molecular complexity index is 1710. The van der Waals surface area contributed by atoms with E-state index in [2.05, 4.69) is 30.2 Å². The van der Waals surface area contributed by atoms with E-state index in [9.17, 15) is 22.0 Å². The molecule has 1 saturated carbocycles. The van der Waals surface area contributed by atoms with Gasteiger partial charge < -0.3 is 20.7 Å². The molecule has 5 fully saturated rings. The van der Waals surface area contributed by atoms with Gasteiger partial charge in [-0.25, -0.2) is 18.2 Å². The summed E-state index contributed by atoms with van der Waals surface area (Å²) in [7, 11) is 0. The van der Waals surface area contributed by atoms with Gasteiger partial charge in [-0.3, -0.25) is 9.88 Å². The van der Waals surface area contributed by atoms with Crippen molar-refractivity contribution in [3.63, 3.8) is 0 Å². The van der Waals surface area contributed by atoms with Gasteiger partial charge >= 0.3 is 12.2 Å². The number of nitrogens with two attached hydrogens (primary N) is 1. The minimum absolute atomic E-state index is 0.0421. The van der Waals surface area contributed by atoms with Crippen molar-refractivity contribution in [3.8, 4) is 17.3 Å². The van der Waals surface area contributed by atoms with Crippen molar-refractivity contribution in [2.75, 3.05) is 43.4 Å². The van der Waals surface area contributed by atoms with E-state index in [4.69, 9.17) is 10.5 Å². The Morgan fingerprint density at radius 3 is 2.53 bits per heavy atom. The third kappa shape index (κ3) is 4.51. The van der Waals surface area contributed by atoms with Gasteiger partial charge in [0.05, 0.1) is 27.6 Å². The lowest BCUT2D eigenvalue weighted by Crippen LogP contribution is -2.51. The molecule has 0 amide bonds.